The second-order valence-electron chi connectivity index (χ2n) is 5.64. The molecule has 0 saturated carbocycles. The zero-order valence-corrected chi connectivity index (χ0v) is 15.1. The van der Waals surface area contributed by atoms with E-state index in [1.807, 2.05) is 6.07 Å². The summed E-state index contributed by atoms with van der Waals surface area (Å²) in [4.78, 5) is 5.42. The molecule has 1 aliphatic heterocycles. The number of rotatable bonds is 0. The van der Waals surface area contributed by atoms with Crippen molar-refractivity contribution in [2.24, 2.45) is 0 Å². The lowest BCUT2D eigenvalue weighted by molar-refractivity contribution is 0.595. The van der Waals surface area contributed by atoms with Gasteiger partial charge in [-0.2, -0.15) is 0 Å². The van der Waals surface area contributed by atoms with Gasteiger partial charge in [-0.05, 0) is 29.7 Å². The third-order valence-corrected chi connectivity index (χ3v) is 7.14. The highest BCUT2D eigenvalue weighted by molar-refractivity contribution is 8.00. The average Bonchev–Trinajstić information content (AvgIpc) is 2.39. The Morgan fingerprint density at radius 3 is 2.05 bits per heavy atom. The first-order valence-electron chi connectivity index (χ1n) is 6.40. The molecular formula is C16H16S4. The third kappa shape index (κ3) is 2.04. The lowest BCUT2D eigenvalue weighted by Crippen LogP contribution is -2.24. The molecule has 0 unspecified atom stereocenters. The number of thiol groups is 3. The van der Waals surface area contributed by atoms with Crippen LogP contribution < -0.4 is 0 Å². The van der Waals surface area contributed by atoms with E-state index in [4.69, 9.17) is 12.6 Å². The van der Waals surface area contributed by atoms with E-state index in [9.17, 15) is 0 Å². The number of hydrogen-bond donors (Lipinski definition) is 3. The largest absolute Gasteiger partial charge is 0.142 e. The van der Waals surface area contributed by atoms with E-state index in [-0.39, 0.29) is 5.41 Å². The average molecular weight is 337 g/mol. The molecule has 0 bridgehead atoms. The van der Waals surface area contributed by atoms with Crippen LogP contribution in [0.2, 0.25) is 0 Å². The summed E-state index contributed by atoms with van der Waals surface area (Å²) >= 11 is 15.6. The fourth-order valence-corrected chi connectivity index (χ4v) is 5.13. The Labute approximate surface area is 141 Å². The molecule has 0 N–H and O–H groups in total. The van der Waals surface area contributed by atoms with Crippen LogP contribution in [0, 0.1) is 6.92 Å². The predicted molar refractivity (Wildman–Crippen MR) is 95.6 cm³/mol. The molecule has 2 aromatic carbocycles. The molecule has 1 heterocycles. The van der Waals surface area contributed by atoms with Gasteiger partial charge in [-0.15, -0.1) is 37.9 Å². The van der Waals surface area contributed by atoms with Crippen LogP contribution in [-0.4, -0.2) is 0 Å². The minimum absolute atomic E-state index is 0.0416. The summed E-state index contributed by atoms with van der Waals surface area (Å²) in [5.74, 6) is 0. The zero-order chi connectivity index (χ0) is 14.7. The van der Waals surface area contributed by atoms with Crippen LogP contribution >= 0.6 is 49.6 Å². The molecule has 0 aromatic heterocycles. The van der Waals surface area contributed by atoms with E-state index in [0.29, 0.717) is 0 Å². The maximum Gasteiger partial charge on any atom is 0.0317 e. The summed E-state index contributed by atoms with van der Waals surface area (Å²) < 4.78 is 0. The summed E-state index contributed by atoms with van der Waals surface area (Å²) in [6, 6.07) is 8.59. The Bertz CT molecular complexity index is 657. The Morgan fingerprint density at radius 1 is 0.850 bits per heavy atom. The van der Waals surface area contributed by atoms with E-state index < -0.39 is 0 Å². The lowest BCUT2D eigenvalue weighted by atomic mass is 9.77. The molecule has 3 rings (SSSR count). The van der Waals surface area contributed by atoms with E-state index >= 15 is 0 Å². The molecule has 20 heavy (non-hydrogen) atoms. The Balaban J connectivity index is 2.34. The third-order valence-electron chi connectivity index (χ3n) is 3.99. The maximum absolute atomic E-state index is 4.71. The first kappa shape index (κ1) is 14.8. The summed E-state index contributed by atoms with van der Waals surface area (Å²) in [5, 5.41) is 0. The van der Waals surface area contributed by atoms with E-state index in [1.165, 1.54) is 26.5 Å². The quantitative estimate of drug-likeness (QED) is 0.522. The van der Waals surface area contributed by atoms with Crippen LogP contribution in [0.5, 0.6) is 0 Å². The van der Waals surface area contributed by atoms with Crippen LogP contribution in [0.25, 0.3) is 0 Å². The highest BCUT2D eigenvalue weighted by Crippen LogP contribution is 2.53. The maximum atomic E-state index is 4.71. The normalized spacial score (nSPS) is 15.7. The number of benzene rings is 2. The summed E-state index contributed by atoms with van der Waals surface area (Å²) in [6.07, 6.45) is 0. The van der Waals surface area contributed by atoms with Gasteiger partial charge in [0.1, 0.15) is 0 Å². The van der Waals surface area contributed by atoms with E-state index in [0.717, 1.165) is 14.7 Å². The highest BCUT2D eigenvalue weighted by atomic mass is 32.2. The minimum atomic E-state index is -0.0416. The molecular weight excluding hydrogens is 320 g/mol. The van der Waals surface area contributed by atoms with Crippen LogP contribution in [0.3, 0.4) is 0 Å². The van der Waals surface area contributed by atoms with E-state index in [1.54, 1.807) is 11.8 Å². The topological polar surface area (TPSA) is 0 Å². The number of aryl methyl sites for hydroxylation is 1. The Hall–Kier alpha value is -0.160. The van der Waals surface area contributed by atoms with Gasteiger partial charge in [-0.25, -0.2) is 0 Å². The number of hydrogen-bond acceptors (Lipinski definition) is 4. The van der Waals surface area contributed by atoms with Gasteiger partial charge in [0, 0.05) is 29.9 Å². The molecule has 0 spiro atoms. The second-order valence-corrected chi connectivity index (χ2v) is 8.04. The van der Waals surface area contributed by atoms with Gasteiger partial charge in [0.25, 0.3) is 0 Å². The SMILES string of the molecule is Cc1ccc2c(c1S)Sc1c(ccc(S)c1S)C2(C)C. The van der Waals surface area contributed by atoms with Gasteiger partial charge >= 0.3 is 0 Å². The van der Waals surface area contributed by atoms with Crippen molar-refractivity contribution in [1.82, 2.24) is 0 Å². The van der Waals surface area contributed by atoms with Crippen molar-refractivity contribution in [3.63, 3.8) is 0 Å². The zero-order valence-electron chi connectivity index (χ0n) is 11.6. The van der Waals surface area contributed by atoms with Crippen LogP contribution in [-0.2, 0) is 5.41 Å². The van der Waals surface area contributed by atoms with Crippen molar-refractivity contribution in [3.8, 4) is 0 Å². The molecule has 0 fully saturated rings. The molecule has 4 heteroatoms. The highest BCUT2D eigenvalue weighted by Gasteiger charge is 2.35. The molecule has 0 radical (unpaired) electrons. The molecule has 0 aliphatic carbocycles. The van der Waals surface area contributed by atoms with Gasteiger partial charge < -0.3 is 0 Å². The summed E-state index contributed by atoms with van der Waals surface area (Å²) in [5.41, 5.74) is 3.82. The van der Waals surface area contributed by atoms with Crippen LogP contribution in [0.4, 0.5) is 0 Å². The molecule has 0 amide bonds. The van der Waals surface area contributed by atoms with Crippen LogP contribution in [0.15, 0.2) is 48.7 Å². The smallest absolute Gasteiger partial charge is 0.0317 e. The van der Waals surface area contributed by atoms with Crippen molar-refractivity contribution in [2.75, 3.05) is 0 Å². The van der Waals surface area contributed by atoms with Crippen molar-refractivity contribution >= 4 is 49.6 Å². The first-order chi connectivity index (χ1) is 9.34. The minimum Gasteiger partial charge on any atom is -0.142 e. The fourth-order valence-electron chi connectivity index (χ4n) is 2.67. The van der Waals surface area contributed by atoms with Crippen molar-refractivity contribution in [1.29, 1.82) is 0 Å². The predicted octanol–water partition coefficient (Wildman–Crippen LogP) is 5.65. The van der Waals surface area contributed by atoms with Gasteiger partial charge in [0.15, 0.2) is 0 Å². The molecule has 1 aliphatic rings. The van der Waals surface area contributed by atoms with Gasteiger partial charge in [0.2, 0.25) is 0 Å². The standard InChI is InChI=1S/C16H16S4/c1-8-4-5-9-14(12(8)18)20-15-10(16(9,2)3)6-7-11(17)13(15)19/h4-7,17-19H,1-3H3. The fraction of sp³-hybridized carbons (Fsp3) is 0.250. The van der Waals surface area contributed by atoms with Gasteiger partial charge in [-0.1, -0.05) is 43.8 Å². The molecule has 0 atom stereocenters. The number of fused-ring (bicyclic) bond motifs is 2. The summed E-state index contributed by atoms with van der Waals surface area (Å²) in [6.45, 7) is 6.62. The van der Waals surface area contributed by atoms with Crippen molar-refractivity contribution in [3.05, 3.63) is 41.0 Å². The molecule has 0 nitrogen and oxygen atoms in total. The van der Waals surface area contributed by atoms with Crippen molar-refractivity contribution < 1.29 is 0 Å². The van der Waals surface area contributed by atoms with Crippen LogP contribution in [0.1, 0.15) is 30.5 Å². The van der Waals surface area contributed by atoms with E-state index in [2.05, 4.69) is 64.2 Å². The molecule has 0 saturated heterocycles. The first-order valence-corrected chi connectivity index (χ1v) is 8.56. The Kier molecular flexibility index (Phi) is 3.65. The second kappa shape index (κ2) is 4.94. The van der Waals surface area contributed by atoms with Crippen molar-refractivity contribution in [2.45, 2.75) is 50.7 Å². The van der Waals surface area contributed by atoms with Gasteiger partial charge in [0.05, 0.1) is 0 Å². The lowest BCUT2D eigenvalue weighted by Gasteiger charge is -2.36. The monoisotopic (exact) mass is 336 g/mol. The summed E-state index contributed by atoms with van der Waals surface area (Å²) in [7, 11) is 0. The molecule has 2 aromatic rings. The molecule has 104 valence electrons. The van der Waals surface area contributed by atoms with Gasteiger partial charge in [-0.3, -0.25) is 0 Å². The Morgan fingerprint density at radius 2 is 1.40 bits per heavy atom.